The van der Waals surface area contributed by atoms with Crippen LogP contribution in [-0.4, -0.2) is 19.1 Å². The van der Waals surface area contributed by atoms with Gasteiger partial charge in [-0.05, 0) is 25.2 Å². The molecule has 1 amide bonds. The number of hydrogen-bond donors (Lipinski definition) is 2. The highest BCUT2D eigenvalue weighted by molar-refractivity contribution is 5.74. The summed E-state index contributed by atoms with van der Waals surface area (Å²) in [5.74, 6) is 5.55. The molecule has 0 rings (SSSR count). The number of amides is 1. The summed E-state index contributed by atoms with van der Waals surface area (Å²) in [5.41, 5.74) is 2.13. The second-order valence-electron chi connectivity index (χ2n) is 4.35. The molecule has 0 saturated heterocycles. The van der Waals surface area contributed by atoms with E-state index in [0.29, 0.717) is 12.3 Å². The van der Waals surface area contributed by atoms with E-state index in [4.69, 9.17) is 10.6 Å². The van der Waals surface area contributed by atoms with Gasteiger partial charge in [-0.15, -0.1) is 0 Å². The first-order valence-corrected chi connectivity index (χ1v) is 6.27. The zero-order chi connectivity index (χ0) is 12.2. The summed E-state index contributed by atoms with van der Waals surface area (Å²) in [4.78, 5) is 10.8. The molecule has 0 heterocycles. The van der Waals surface area contributed by atoms with Gasteiger partial charge in [-0.25, -0.2) is 5.84 Å². The van der Waals surface area contributed by atoms with Crippen molar-refractivity contribution in [3.63, 3.8) is 0 Å². The second-order valence-corrected chi connectivity index (χ2v) is 4.35. The fourth-order valence-electron chi connectivity index (χ4n) is 1.60. The van der Waals surface area contributed by atoms with E-state index in [1.54, 1.807) is 0 Å². The van der Waals surface area contributed by atoms with E-state index in [1.165, 1.54) is 12.8 Å². The molecule has 4 heteroatoms. The van der Waals surface area contributed by atoms with Crippen LogP contribution < -0.4 is 11.3 Å². The number of ether oxygens (including phenoxy) is 1. The zero-order valence-corrected chi connectivity index (χ0v) is 10.6. The lowest BCUT2D eigenvalue weighted by molar-refractivity contribution is -0.121. The molecule has 0 aromatic heterocycles. The Morgan fingerprint density at radius 1 is 1.38 bits per heavy atom. The maximum atomic E-state index is 10.8. The highest BCUT2D eigenvalue weighted by atomic mass is 16.5. The summed E-state index contributed by atoms with van der Waals surface area (Å²) in [6.07, 6.45) is 5.90. The summed E-state index contributed by atoms with van der Waals surface area (Å²) in [6.45, 7) is 6.07. The fraction of sp³-hybridized carbons (Fsp3) is 0.917. The third-order valence-corrected chi connectivity index (χ3v) is 2.54. The highest BCUT2D eigenvalue weighted by Gasteiger charge is 2.00. The minimum Gasteiger partial charge on any atom is -0.381 e. The third kappa shape index (κ3) is 9.93. The number of rotatable bonds is 10. The largest absolute Gasteiger partial charge is 0.381 e. The van der Waals surface area contributed by atoms with Crippen LogP contribution in [0.1, 0.15) is 52.4 Å². The van der Waals surface area contributed by atoms with E-state index in [1.807, 2.05) is 0 Å². The molecule has 16 heavy (non-hydrogen) atoms. The van der Waals surface area contributed by atoms with Crippen LogP contribution >= 0.6 is 0 Å². The number of hydrogen-bond acceptors (Lipinski definition) is 3. The Morgan fingerprint density at radius 2 is 2.12 bits per heavy atom. The van der Waals surface area contributed by atoms with Gasteiger partial charge in [-0.2, -0.15) is 0 Å². The molecule has 0 aromatic rings. The summed E-state index contributed by atoms with van der Waals surface area (Å²) in [5, 5.41) is 0. The van der Waals surface area contributed by atoms with Gasteiger partial charge in [0.2, 0.25) is 5.91 Å². The van der Waals surface area contributed by atoms with Crippen molar-refractivity contribution in [3.05, 3.63) is 0 Å². The molecular weight excluding hydrogens is 204 g/mol. The Hall–Kier alpha value is -0.610. The van der Waals surface area contributed by atoms with Crippen LogP contribution in [0.15, 0.2) is 0 Å². The molecule has 0 fully saturated rings. The van der Waals surface area contributed by atoms with Gasteiger partial charge in [0.15, 0.2) is 0 Å². The predicted octanol–water partition coefficient (Wildman–Crippen LogP) is 1.99. The molecule has 4 nitrogen and oxygen atoms in total. The van der Waals surface area contributed by atoms with Crippen LogP contribution in [0.2, 0.25) is 0 Å². The number of nitrogens with one attached hydrogen (secondary N) is 1. The molecule has 96 valence electrons. The van der Waals surface area contributed by atoms with Crippen LogP contribution in [0.3, 0.4) is 0 Å². The van der Waals surface area contributed by atoms with E-state index in [-0.39, 0.29) is 5.91 Å². The van der Waals surface area contributed by atoms with Crippen molar-refractivity contribution in [2.45, 2.75) is 52.4 Å². The summed E-state index contributed by atoms with van der Waals surface area (Å²) in [7, 11) is 0. The van der Waals surface area contributed by atoms with Gasteiger partial charge in [0.1, 0.15) is 0 Å². The molecule has 0 spiro atoms. The minimum absolute atomic E-state index is 0.0857. The smallest absolute Gasteiger partial charge is 0.233 e. The number of unbranched alkanes of at least 4 members (excludes halogenated alkanes) is 2. The van der Waals surface area contributed by atoms with Crippen molar-refractivity contribution in [3.8, 4) is 0 Å². The zero-order valence-electron chi connectivity index (χ0n) is 10.6. The van der Waals surface area contributed by atoms with Gasteiger partial charge in [0, 0.05) is 19.6 Å². The van der Waals surface area contributed by atoms with Gasteiger partial charge >= 0.3 is 0 Å². The van der Waals surface area contributed by atoms with Crippen molar-refractivity contribution < 1.29 is 9.53 Å². The molecule has 1 atom stereocenters. The van der Waals surface area contributed by atoms with Crippen LogP contribution in [0.4, 0.5) is 0 Å². The Balaban J connectivity index is 3.12. The predicted molar refractivity (Wildman–Crippen MR) is 65.7 cm³/mol. The van der Waals surface area contributed by atoms with E-state index < -0.39 is 0 Å². The van der Waals surface area contributed by atoms with Crippen molar-refractivity contribution in [1.29, 1.82) is 0 Å². The molecule has 0 aliphatic rings. The average molecular weight is 230 g/mol. The van der Waals surface area contributed by atoms with E-state index in [9.17, 15) is 4.79 Å². The first-order valence-electron chi connectivity index (χ1n) is 6.27. The summed E-state index contributed by atoms with van der Waals surface area (Å²) < 4.78 is 5.56. The number of carbonyl (C=O) groups is 1. The quantitative estimate of drug-likeness (QED) is 0.261. The number of carbonyl (C=O) groups excluding carboxylic acids is 1. The molecule has 3 N–H and O–H groups in total. The maximum Gasteiger partial charge on any atom is 0.233 e. The van der Waals surface area contributed by atoms with Gasteiger partial charge in [0.25, 0.3) is 0 Å². The number of nitrogens with two attached hydrogens (primary N) is 1. The maximum absolute atomic E-state index is 10.8. The SMILES string of the molecule is CCCC(C)COCCCCCC(=O)NN. The van der Waals surface area contributed by atoms with Gasteiger partial charge in [-0.3, -0.25) is 10.2 Å². The monoisotopic (exact) mass is 230 g/mol. The Bertz CT molecular complexity index is 174. The van der Waals surface area contributed by atoms with E-state index in [2.05, 4.69) is 19.3 Å². The summed E-state index contributed by atoms with van der Waals surface area (Å²) >= 11 is 0. The Labute approximate surface area is 98.9 Å². The normalized spacial score (nSPS) is 12.4. The lowest BCUT2D eigenvalue weighted by atomic mass is 10.1. The van der Waals surface area contributed by atoms with Crippen molar-refractivity contribution in [2.24, 2.45) is 11.8 Å². The van der Waals surface area contributed by atoms with E-state index >= 15 is 0 Å². The summed E-state index contributed by atoms with van der Waals surface area (Å²) in [6, 6.07) is 0. The molecular formula is C12H26N2O2. The third-order valence-electron chi connectivity index (χ3n) is 2.54. The lowest BCUT2D eigenvalue weighted by Crippen LogP contribution is -2.29. The van der Waals surface area contributed by atoms with Crippen LogP contribution in [0.5, 0.6) is 0 Å². The number of hydrazine groups is 1. The van der Waals surface area contributed by atoms with Crippen LogP contribution in [0, 0.1) is 5.92 Å². The highest BCUT2D eigenvalue weighted by Crippen LogP contribution is 2.06. The molecule has 0 aliphatic carbocycles. The molecule has 0 bridgehead atoms. The van der Waals surface area contributed by atoms with Crippen LogP contribution in [-0.2, 0) is 9.53 Å². The molecule has 0 saturated carbocycles. The fourth-order valence-corrected chi connectivity index (χ4v) is 1.60. The minimum atomic E-state index is -0.0857. The van der Waals surface area contributed by atoms with Gasteiger partial charge < -0.3 is 4.74 Å². The molecule has 0 radical (unpaired) electrons. The topological polar surface area (TPSA) is 64.3 Å². The Morgan fingerprint density at radius 3 is 2.75 bits per heavy atom. The van der Waals surface area contributed by atoms with Gasteiger partial charge in [0.05, 0.1) is 0 Å². The first-order chi connectivity index (χ1) is 7.70. The van der Waals surface area contributed by atoms with E-state index in [0.717, 1.165) is 32.5 Å². The van der Waals surface area contributed by atoms with Crippen molar-refractivity contribution in [2.75, 3.05) is 13.2 Å². The van der Waals surface area contributed by atoms with Crippen LogP contribution in [0.25, 0.3) is 0 Å². The molecule has 1 unspecified atom stereocenters. The van der Waals surface area contributed by atoms with Gasteiger partial charge in [-0.1, -0.05) is 26.7 Å². The average Bonchev–Trinajstić information content (AvgIpc) is 2.27. The first kappa shape index (κ1) is 15.4. The molecule has 0 aromatic carbocycles. The van der Waals surface area contributed by atoms with Crippen molar-refractivity contribution >= 4 is 5.91 Å². The second kappa shape index (κ2) is 10.9. The molecule has 0 aliphatic heterocycles. The Kier molecular flexibility index (Phi) is 10.5. The van der Waals surface area contributed by atoms with Crippen molar-refractivity contribution in [1.82, 2.24) is 5.43 Å². The standard InChI is InChI=1S/C12H26N2O2/c1-3-7-11(2)10-16-9-6-4-5-8-12(15)14-13/h11H,3-10,13H2,1-2H3,(H,14,15). The lowest BCUT2D eigenvalue weighted by Gasteiger charge is -2.10.